The highest BCUT2D eigenvalue weighted by molar-refractivity contribution is 6.34. The summed E-state index contributed by atoms with van der Waals surface area (Å²) in [5.41, 5.74) is 1.25. The lowest BCUT2D eigenvalue weighted by molar-refractivity contribution is -0.111. The largest absolute Gasteiger partial charge is 0.493 e. The molecule has 1 amide bonds. The number of carbonyl (C=O) groups excluding carboxylic acids is 1. The number of rotatable bonds is 7. The van der Waals surface area contributed by atoms with Gasteiger partial charge in [0.1, 0.15) is 5.75 Å². The molecule has 0 aliphatic rings. The Balaban J connectivity index is 2.15. The second kappa shape index (κ2) is 8.99. The number of para-hydroxylation sites is 1. The average Bonchev–Trinajstić information content (AvgIpc) is 2.62. The SMILES string of the molecule is CCOc1ccccc1/C=C/C(=O)Nc1cc(OC)c(OC)cc1Cl. The Morgan fingerprint density at radius 2 is 1.80 bits per heavy atom. The molecule has 0 aliphatic carbocycles. The van der Waals surface area contributed by atoms with E-state index in [1.807, 2.05) is 31.2 Å². The molecule has 0 atom stereocenters. The van der Waals surface area contributed by atoms with Gasteiger partial charge in [-0.25, -0.2) is 0 Å². The van der Waals surface area contributed by atoms with Gasteiger partial charge in [0.2, 0.25) is 5.91 Å². The Morgan fingerprint density at radius 1 is 1.12 bits per heavy atom. The molecule has 0 spiro atoms. The van der Waals surface area contributed by atoms with E-state index in [1.165, 1.54) is 20.3 Å². The number of ether oxygens (including phenoxy) is 3. The summed E-state index contributed by atoms with van der Waals surface area (Å²) in [5, 5.41) is 3.08. The van der Waals surface area contributed by atoms with Crippen LogP contribution in [0.1, 0.15) is 12.5 Å². The molecule has 0 fully saturated rings. The summed E-state index contributed by atoms with van der Waals surface area (Å²) < 4.78 is 15.9. The molecule has 0 saturated heterocycles. The highest BCUT2D eigenvalue weighted by atomic mass is 35.5. The van der Waals surface area contributed by atoms with Crippen molar-refractivity contribution in [3.8, 4) is 17.2 Å². The molecule has 0 unspecified atom stereocenters. The van der Waals surface area contributed by atoms with Crippen molar-refractivity contribution in [2.45, 2.75) is 6.92 Å². The molecule has 0 saturated carbocycles. The zero-order valence-electron chi connectivity index (χ0n) is 14.3. The Morgan fingerprint density at radius 3 is 2.48 bits per heavy atom. The van der Waals surface area contributed by atoms with Gasteiger partial charge in [-0.1, -0.05) is 29.8 Å². The van der Waals surface area contributed by atoms with Crippen molar-refractivity contribution in [1.29, 1.82) is 0 Å². The molecule has 25 heavy (non-hydrogen) atoms. The van der Waals surface area contributed by atoms with E-state index < -0.39 is 0 Å². The number of anilines is 1. The van der Waals surface area contributed by atoms with Gasteiger partial charge in [-0.05, 0) is 19.1 Å². The lowest BCUT2D eigenvalue weighted by atomic mass is 10.2. The number of benzene rings is 2. The molecule has 0 radical (unpaired) electrons. The van der Waals surface area contributed by atoms with Gasteiger partial charge in [-0.2, -0.15) is 0 Å². The van der Waals surface area contributed by atoms with E-state index in [9.17, 15) is 4.79 Å². The maximum atomic E-state index is 12.2. The Bertz CT molecular complexity index is 774. The van der Waals surface area contributed by atoms with Gasteiger partial charge in [0.05, 0.1) is 31.5 Å². The predicted molar refractivity (Wildman–Crippen MR) is 99.8 cm³/mol. The first-order chi connectivity index (χ1) is 12.1. The van der Waals surface area contributed by atoms with Crippen LogP contribution in [0, 0.1) is 0 Å². The van der Waals surface area contributed by atoms with E-state index in [4.69, 9.17) is 25.8 Å². The molecule has 1 N–H and O–H groups in total. The summed E-state index contributed by atoms with van der Waals surface area (Å²) in [7, 11) is 3.03. The van der Waals surface area contributed by atoms with Gasteiger partial charge in [-0.15, -0.1) is 0 Å². The lowest BCUT2D eigenvalue weighted by Crippen LogP contribution is -2.08. The van der Waals surface area contributed by atoms with Crippen molar-refractivity contribution in [3.63, 3.8) is 0 Å². The molecule has 6 heteroatoms. The van der Waals surface area contributed by atoms with Gasteiger partial charge in [0.25, 0.3) is 0 Å². The van der Waals surface area contributed by atoms with Crippen molar-refractivity contribution in [2.24, 2.45) is 0 Å². The minimum absolute atomic E-state index is 0.319. The fourth-order valence-electron chi connectivity index (χ4n) is 2.20. The number of halogens is 1. The zero-order chi connectivity index (χ0) is 18.2. The summed E-state index contributed by atoms with van der Waals surface area (Å²) in [4.78, 5) is 12.2. The first-order valence-corrected chi connectivity index (χ1v) is 8.09. The quantitative estimate of drug-likeness (QED) is 0.742. The summed E-state index contributed by atoms with van der Waals surface area (Å²) >= 11 is 6.17. The summed E-state index contributed by atoms with van der Waals surface area (Å²) in [5.74, 6) is 1.37. The fourth-order valence-corrected chi connectivity index (χ4v) is 2.40. The minimum Gasteiger partial charge on any atom is -0.493 e. The van der Waals surface area contributed by atoms with Crippen molar-refractivity contribution < 1.29 is 19.0 Å². The van der Waals surface area contributed by atoms with Crippen LogP contribution in [0.3, 0.4) is 0 Å². The fraction of sp³-hybridized carbons (Fsp3) is 0.211. The molecule has 0 heterocycles. The predicted octanol–water partition coefficient (Wildman–Crippen LogP) is 4.41. The van der Waals surface area contributed by atoms with Crippen LogP contribution < -0.4 is 19.5 Å². The Labute approximate surface area is 152 Å². The van der Waals surface area contributed by atoms with Crippen molar-refractivity contribution in [1.82, 2.24) is 0 Å². The molecule has 0 bridgehead atoms. The molecule has 5 nitrogen and oxygen atoms in total. The number of methoxy groups -OCH3 is 2. The first kappa shape index (κ1) is 18.7. The van der Waals surface area contributed by atoms with Crippen LogP contribution in [0.15, 0.2) is 42.5 Å². The van der Waals surface area contributed by atoms with E-state index >= 15 is 0 Å². The van der Waals surface area contributed by atoms with E-state index in [1.54, 1.807) is 18.2 Å². The van der Waals surface area contributed by atoms with Gasteiger partial charge in [0.15, 0.2) is 11.5 Å². The average molecular weight is 362 g/mol. The Hall–Kier alpha value is -2.66. The second-order valence-electron chi connectivity index (χ2n) is 4.98. The number of amides is 1. The third kappa shape index (κ3) is 4.90. The van der Waals surface area contributed by atoms with Crippen LogP contribution in [-0.2, 0) is 4.79 Å². The molecule has 2 aromatic carbocycles. The van der Waals surface area contributed by atoms with Gasteiger partial charge < -0.3 is 19.5 Å². The summed E-state index contributed by atoms with van der Waals surface area (Å²) in [6, 6.07) is 10.7. The molecule has 132 valence electrons. The molecule has 2 rings (SSSR count). The lowest BCUT2D eigenvalue weighted by Gasteiger charge is -2.12. The molecular weight excluding hydrogens is 342 g/mol. The third-order valence-corrected chi connectivity index (χ3v) is 3.68. The minimum atomic E-state index is -0.319. The van der Waals surface area contributed by atoms with Crippen LogP contribution in [-0.4, -0.2) is 26.7 Å². The van der Waals surface area contributed by atoms with Crippen LogP contribution in [0.25, 0.3) is 6.08 Å². The topological polar surface area (TPSA) is 56.8 Å². The van der Waals surface area contributed by atoms with Crippen molar-refractivity contribution in [3.05, 3.63) is 53.1 Å². The molecule has 2 aromatic rings. The van der Waals surface area contributed by atoms with E-state index in [2.05, 4.69) is 5.32 Å². The van der Waals surface area contributed by atoms with Gasteiger partial charge >= 0.3 is 0 Å². The highest BCUT2D eigenvalue weighted by Gasteiger charge is 2.11. The number of hydrogen-bond donors (Lipinski definition) is 1. The Kier molecular flexibility index (Phi) is 6.71. The van der Waals surface area contributed by atoms with Gasteiger partial charge in [-0.3, -0.25) is 4.79 Å². The van der Waals surface area contributed by atoms with E-state index in [0.29, 0.717) is 28.8 Å². The van der Waals surface area contributed by atoms with Crippen molar-refractivity contribution >= 4 is 29.3 Å². The third-order valence-electron chi connectivity index (χ3n) is 3.36. The van der Waals surface area contributed by atoms with E-state index in [0.717, 1.165) is 11.3 Å². The number of nitrogens with one attached hydrogen (secondary N) is 1. The zero-order valence-corrected chi connectivity index (χ0v) is 15.1. The summed E-state index contributed by atoms with van der Waals surface area (Å²) in [6.07, 6.45) is 3.11. The highest BCUT2D eigenvalue weighted by Crippen LogP contribution is 2.36. The maximum absolute atomic E-state index is 12.2. The van der Waals surface area contributed by atoms with Crippen LogP contribution >= 0.6 is 11.6 Å². The number of carbonyl (C=O) groups is 1. The normalized spacial score (nSPS) is 10.6. The van der Waals surface area contributed by atoms with E-state index in [-0.39, 0.29) is 5.91 Å². The molecular formula is C19H20ClNO4. The first-order valence-electron chi connectivity index (χ1n) is 7.71. The monoisotopic (exact) mass is 361 g/mol. The second-order valence-corrected chi connectivity index (χ2v) is 5.39. The van der Waals surface area contributed by atoms with Gasteiger partial charge in [0, 0.05) is 23.8 Å². The number of hydrogen-bond acceptors (Lipinski definition) is 4. The van der Waals surface area contributed by atoms with Crippen LogP contribution in [0.4, 0.5) is 5.69 Å². The van der Waals surface area contributed by atoms with Crippen LogP contribution in [0.2, 0.25) is 5.02 Å². The summed E-state index contributed by atoms with van der Waals surface area (Å²) in [6.45, 7) is 2.46. The standard InChI is InChI=1S/C19H20ClNO4/c1-4-25-16-8-6-5-7-13(16)9-10-19(22)21-15-12-18(24-3)17(23-2)11-14(15)20/h5-12H,4H2,1-3H3,(H,21,22)/b10-9+. The molecule has 0 aromatic heterocycles. The smallest absolute Gasteiger partial charge is 0.248 e. The maximum Gasteiger partial charge on any atom is 0.248 e. The van der Waals surface area contributed by atoms with Crippen LogP contribution in [0.5, 0.6) is 17.2 Å². The molecule has 0 aliphatic heterocycles. The van der Waals surface area contributed by atoms with Crippen molar-refractivity contribution in [2.75, 3.05) is 26.1 Å².